The number of carbonyl (C=O) groups is 1. The molecule has 23 heavy (non-hydrogen) atoms. The summed E-state index contributed by atoms with van der Waals surface area (Å²) in [6.07, 6.45) is 7.98. The van der Waals surface area contributed by atoms with Gasteiger partial charge in [-0.05, 0) is 39.3 Å². The van der Waals surface area contributed by atoms with Gasteiger partial charge in [0.2, 0.25) is 0 Å². The molecule has 132 valence electrons. The van der Waals surface area contributed by atoms with Crippen LogP contribution in [-0.2, 0) is 4.74 Å². The van der Waals surface area contributed by atoms with E-state index in [4.69, 9.17) is 4.74 Å². The Morgan fingerprint density at radius 2 is 2.04 bits per heavy atom. The first kappa shape index (κ1) is 17.0. The van der Waals surface area contributed by atoms with Crippen molar-refractivity contribution in [3.05, 3.63) is 0 Å². The smallest absolute Gasteiger partial charge is 0.314 e. The summed E-state index contributed by atoms with van der Waals surface area (Å²) < 4.78 is 5.86. The molecule has 0 aromatic rings. The van der Waals surface area contributed by atoms with Crippen LogP contribution in [0, 0.1) is 0 Å². The van der Waals surface area contributed by atoms with E-state index in [1.54, 1.807) is 0 Å². The van der Waals surface area contributed by atoms with E-state index in [9.17, 15) is 4.79 Å². The Morgan fingerprint density at radius 1 is 1.22 bits per heavy atom. The molecule has 3 aliphatic rings. The zero-order chi connectivity index (χ0) is 16.1. The van der Waals surface area contributed by atoms with Gasteiger partial charge in [-0.3, -0.25) is 4.90 Å². The number of amides is 2. The second-order valence-corrected chi connectivity index (χ2v) is 7.30. The van der Waals surface area contributed by atoms with E-state index in [-0.39, 0.29) is 12.1 Å². The zero-order valence-electron chi connectivity index (χ0n) is 14.4. The molecule has 2 saturated heterocycles. The number of hydrogen-bond acceptors (Lipinski definition) is 4. The van der Waals surface area contributed by atoms with E-state index in [0.717, 1.165) is 19.7 Å². The molecule has 2 aliphatic heterocycles. The van der Waals surface area contributed by atoms with Crippen molar-refractivity contribution in [1.82, 2.24) is 20.4 Å². The average molecular weight is 324 g/mol. The Hall–Kier alpha value is -0.850. The van der Waals surface area contributed by atoms with E-state index >= 15 is 0 Å². The number of nitrogens with one attached hydrogen (secondary N) is 2. The number of nitrogens with zero attached hydrogens (tertiary/aromatic N) is 2. The van der Waals surface area contributed by atoms with Gasteiger partial charge in [0.15, 0.2) is 0 Å². The highest BCUT2D eigenvalue weighted by molar-refractivity contribution is 5.73. The molecule has 2 atom stereocenters. The van der Waals surface area contributed by atoms with E-state index in [1.807, 2.05) is 0 Å². The van der Waals surface area contributed by atoms with Crippen molar-refractivity contribution < 1.29 is 9.53 Å². The standard InChI is InChI=1S/C17H32N4O2/c1-20(14-5-2-3-6-14)10-8-18-17(22)19-11-16-12-21-9-4-7-15(21)13-23-16/h14-16H,2-13H2,1H3,(H2,18,19,22)/t15-,16+/m1/s1. The van der Waals surface area contributed by atoms with Crippen molar-refractivity contribution in [2.24, 2.45) is 0 Å². The highest BCUT2D eigenvalue weighted by atomic mass is 16.5. The van der Waals surface area contributed by atoms with Crippen LogP contribution in [0.25, 0.3) is 0 Å². The van der Waals surface area contributed by atoms with Crippen LogP contribution >= 0.6 is 0 Å². The summed E-state index contributed by atoms with van der Waals surface area (Å²) in [5, 5.41) is 5.92. The molecule has 0 bridgehead atoms. The number of carbonyl (C=O) groups excluding carboxylic acids is 1. The van der Waals surface area contributed by atoms with Gasteiger partial charge in [0.25, 0.3) is 0 Å². The molecule has 2 amide bonds. The predicted octanol–water partition coefficient (Wildman–Crippen LogP) is 1.02. The molecule has 0 unspecified atom stereocenters. The van der Waals surface area contributed by atoms with Gasteiger partial charge in [0.1, 0.15) is 0 Å². The summed E-state index contributed by atoms with van der Waals surface area (Å²) in [6, 6.07) is 1.26. The molecule has 3 fully saturated rings. The normalized spacial score (nSPS) is 29.0. The van der Waals surface area contributed by atoms with Crippen molar-refractivity contribution in [1.29, 1.82) is 0 Å². The van der Waals surface area contributed by atoms with Crippen LogP contribution in [0.3, 0.4) is 0 Å². The van der Waals surface area contributed by atoms with Crippen LogP contribution in [0.15, 0.2) is 0 Å². The van der Waals surface area contributed by atoms with Crippen molar-refractivity contribution >= 4 is 6.03 Å². The molecule has 6 nitrogen and oxygen atoms in total. The van der Waals surface area contributed by atoms with Gasteiger partial charge in [-0.2, -0.15) is 0 Å². The Kier molecular flexibility index (Phi) is 6.14. The Balaban J connectivity index is 1.26. The number of morpholine rings is 1. The molecule has 3 rings (SSSR count). The second-order valence-electron chi connectivity index (χ2n) is 7.30. The average Bonchev–Trinajstić information content (AvgIpc) is 3.23. The van der Waals surface area contributed by atoms with Gasteiger partial charge in [-0.15, -0.1) is 0 Å². The van der Waals surface area contributed by atoms with Crippen LogP contribution in [0.1, 0.15) is 38.5 Å². The van der Waals surface area contributed by atoms with Crippen LogP contribution in [0.4, 0.5) is 4.79 Å². The lowest BCUT2D eigenvalue weighted by Crippen LogP contribution is -2.51. The fourth-order valence-corrected chi connectivity index (χ4v) is 4.15. The number of fused-ring (bicyclic) bond motifs is 1. The van der Waals surface area contributed by atoms with Gasteiger partial charge in [0.05, 0.1) is 12.7 Å². The predicted molar refractivity (Wildman–Crippen MR) is 90.6 cm³/mol. The summed E-state index contributed by atoms with van der Waals surface area (Å²) in [5.41, 5.74) is 0. The minimum absolute atomic E-state index is 0.0723. The first-order chi connectivity index (χ1) is 11.2. The highest BCUT2D eigenvalue weighted by Gasteiger charge is 2.32. The third-order valence-electron chi connectivity index (χ3n) is 5.65. The molecule has 0 radical (unpaired) electrons. The number of urea groups is 1. The van der Waals surface area contributed by atoms with Gasteiger partial charge < -0.3 is 20.3 Å². The summed E-state index contributed by atoms with van der Waals surface area (Å²) in [4.78, 5) is 16.8. The van der Waals surface area contributed by atoms with Crippen LogP contribution in [-0.4, -0.2) is 80.4 Å². The third kappa shape index (κ3) is 4.81. The van der Waals surface area contributed by atoms with E-state index in [2.05, 4.69) is 27.5 Å². The Morgan fingerprint density at radius 3 is 2.87 bits per heavy atom. The Bertz CT molecular complexity index is 387. The maximum atomic E-state index is 11.9. The van der Waals surface area contributed by atoms with Crippen LogP contribution in [0.5, 0.6) is 0 Å². The van der Waals surface area contributed by atoms with Gasteiger partial charge in [-0.25, -0.2) is 4.79 Å². The van der Waals surface area contributed by atoms with Gasteiger partial charge in [-0.1, -0.05) is 12.8 Å². The molecule has 0 spiro atoms. The lowest BCUT2D eigenvalue weighted by atomic mass is 10.2. The fourth-order valence-electron chi connectivity index (χ4n) is 4.15. The molecular formula is C17H32N4O2. The summed E-state index contributed by atoms with van der Waals surface area (Å²) in [7, 11) is 2.16. The Labute approximate surface area is 139 Å². The van der Waals surface area contributed by atoms with Crippen LogP contribution in [0.2, 0.25) is 0 Å². The molecular weight excluding hydrogens is 292 g/mol. The fraction of sp³-hybridized carbons (Fsp3) is 0.941. The number of ether oxygens (including phenoxy) is 1. The minimum atomic E-state index is -0.0723. The number of hydrogen-bond donors (Lipinski definition) is 2. The summed E-state index contributed by atoms with van der Waals surface area (Å²) in [5.74, 6) is 0. The highest BCUT2D eigenvalue weighted by Crippen LogP contribution is 2.22. The first-order valence-electron chi connectivity index (χ1n) is 9.30. The number of likely N-dealkylation sites (N-methyl/N-ethyl adjacent to an activating group) is 1. The van der Waals surface area contributed by atoms with Crippen molar-refractivity contribution in [2.45, 2.75) is 56.7 Å². The van der Waals surface area contributed by atoms with Gasteiger partial charge >= 0.3 is 6.03 Å². The van der Waals surface area contributed by atoms with E-state index < -0.39 is 0 Å². The molecule has 2 heterocycles. The lowest BCUT2D eigenvalue weighted by molar-refractivity contribution is -0.0457. The van der Waals surface area contributed by atoms with Crippen molar-refractivity contribution in [2.75, 3.05) is 46.4 Å². The molecule has 1 saturated carbocycles. The maximum absolute atomic E-state index is 11.9. The topological polar surface area (TPSA) is 56.8 Å². The number of rotatable bonds is 6. The van der Waals surface area contributed by atoms with E-state index in [0.29, 0.717) is 25.2 Å². The van der Waals surface area contributed by atoms with Crippen molar-refractivity contribution in [3.8, 4) is 0 Å². The summed E-state index contributed by atoms with van der Waals surface area (Å²) >= 11 is 0. The molecule has 2 N–H and O–H groups in total. The third-order valence-corrected chi connectivity index (χ3v) is 5.65. The van der Waals surface area contributed by atoms with Crippen molar-refractivity contribution in [3.63, 3.8) is 0 Å². The van der Waals surface area contributed by atoms with Gasteiger partial charge in [0, 0.05) is 38.3 Å². The maximum Gasteiger partial charge on any atom is 0.314 e. The first-order valence-corrected chi connectivity index (χ1v) is 9.30. The van der Waals surface area contributed by atoms with Crippen LogP contribution < -0.4 is 10.6 Å². The summed E-state index contributed by atoms with van der Waals surface area (Å²) in [6.45, 7) is 5.19. The molecule has 1 aliphatic carbocycles. The quantitative estimate of drug-likeness (QED) is 0.766. The second kappa shape index (κ2) is 8.31. The monoisotopic (exact) mass is 324 g/mol. The SMILES string of the molecule is CN(CCNC(=O)NC[C@H]1CN2CCC[C@@H]2CO1)C1CCCC1. The lowest BCUT2D eigenvalue weighted by Gasteiger charge is -2.35. The molecule has 6 heteroatoms. The minimum Gasteiger partial charge on any atom is -0.373 e. The molecule has 0 aromatic carbocycles. The zero-order valence-corrected chi connectivity index (χ0v) is 14.4. The molecule has 0 aromatic heterocycles. The van der Waals surface area contributed by atoms with E-state index in [1.165, 1.54) is 45.1 Å². The largest absolute Gasteiger partial charge is 0.373 e.